The van der Waals surface area contributed by atoms with Crippen molar-refractivity contribution in [2.45, 2.75) is 31.5 Å². The molecule has 1 saturated heterocycles. The molecule has 1 aromatic rings. The largest absolute Gasteiger partial charge is 0.368 e. The fourth-order valence-corrected chi connectivity index (χ4v) is 3.23. The number of primary amides is 1. The van der Waals surface area contributed by atoms with E-state index in [0.29, 0.717) is 23.1 Å². The maximum atomic E-state index is 12.1. The molecule has 1 fully saturated rings. The summed E-state index contributed by atoms with van der Waals surface area (Å²) in [5, 5.41) is 2.28. The lowest BCUT2D eigenvalue weighted by Crippen LogP contribution is -2.53. The summed E-state index contributed by atoms with van der Waals surface area (Å²) in [5.41, 5.74) is 7.36. The number of hydrogen-bond donors (Lipinski definition) is 2. The van der Waals surface area contributed by atoms with Crippen LogP contribution in [-0.2, 0) is 20.9 Å². The molecule has 7 heteroatoms. The quantitative estimate of drug-likeness (QED) is 0.585. The molecule has 0 spiro atoms. The topological polar surface area (TPSA) is 110 Å². The average molecular weight is 301 g/mol. The smallest absolute Gasteiger partial charge is 0.243 e. The molecule has 2 aliphatic heterocycles. The van der Waals surface area contributed by atoms with Gasteiger partial charge in [-0.1, -0.05) is 18.2 Å². The molecule has 114 valence electrons. The number of nitrogens with zero attached hydrogens (tertiary/aromatic N) is 1. The summed E-state index contributed by atoms with van der Waals surface area (Å²) in [7, 11) is 0. The molecule has 3 rings (SSSR count). The lowest BCUT2D eigenvalue weighted by atomic mass is 9.99. The Morgan fingerprint density at radius 2 is 2.14 bits per heavy atom. The van der Waals surface area contributed by atoms with Crippen LogP contribution in [0.3, 0.4) is 0 Å². The highest BCUT2D eigenvalue weighted by atomic mass is 16.2. The third-order valence-electron chi connectivity index (χ3n) is 4.22. The van der Waals surface area contributed by atoms with Crippen LogP contribution in [0.2, 0.25) is 0 Å². The maximum Gasteiger partial charge on any atom is 0.243 e. The minimum atomic E-state index is -0.765. The normalized spacial score (nSPS) is 24.7. The van der Waals surface area contributed by atoms with Gasteiger partial charge in [0.25, 0.3) is 0 Å². The lowest BCUT2D eigenvalue weighted by molar-refractivity contribution is -0.139. The highest BCUT2D eigenvalue weighted by Gasteiger charge is 2.43. The second-order valence-corrected chi connectivity index (χ2v) is 5.48. The molecule has 1 aromatic carbocycles. The molecule has 0 radical (unpaired) electrons. The van der Waals surface area contributed by atoms with Gasteiger partial charge in [0.1, 0.15) is 12.3 Å². The Labute approximate surface area is 126 Å². The minimum Gasteiger partial charge on any atom is -0.368 e. The molecular weight excluding hydrogens is 286 g/mol. The van der Waals surface area contributed by atoms with Crippen molar-refractivity contribution in [2.75, 3.05) is 0 Å². The fraction of sp³-hybridized carbons (Fsp3) is 0.333. The summed E-state index contributed by atoms with van der Waals surface area (Å²) < 4.78 is 0. The zero-order valence-corrected chi connectivity index (χ0v) is 11.7. The first-order valence-corrected chi connectivity index (χ1v) is 6.98. The van der Waals surface area contributed by atoms with Gasteiger partial charge in [-0.05, 0) is 17.5 Å². The Bertz CT molecular complexity index is 685. The minimum absolute atomic E-state index is 0.218. The number of carbonyl (C=O) groups is 4. The first-order chi connectivity index (χ1) is 10.5. The summed E-state index contributed by atoms with van der Waals surface area (Å²) in [6.07, 6.45) is 1.28. The zero-order valence-electron chi connectivity index (χ0n) is 11.7. The van der Waals surface area contributed by atoms with E-state index in [1.54, 1.807) is 23.1 Å². The standard InChI is InChI=1S/C15H15N3O4/c16-14(21)13-9-3-1-2-8(7-19)10(9)6-18(13)11-4-5-12(20)17-15(11)22/h1-3,7,11,13H,4-6H2,(H2,16,21)(H,17,20,22). The monoisotopic (exact) mass is 301 g/mol. The van der Waals surface area contributed by atoms with Gasteiger partial charge in [0.2, 0.25) is 17.7 Å². The van der Waals surface area contributed by atoms with Crippen molar-refractivity contribution in [1.29, 1.82) is 0 Å². The van der Waals surface area contributed by atoms with Crippen LogP contribution < -0.4 is 11.1 Å². The van der Waals surface area contributed by atoms with E-state index in [2.05, 4.69) is 5.32 Å². The molecule has 22 heavy (non-hydrogen) atoms. The average Bonchev–Trinajstić information content (AvgIpc) is 2.86. The molecule has 0 bridgehead atoms. The van der Waals surface area contributed by atoms with E-state index in [-0.39, 0.29) is 18.9 Å². The van der Waals surface area contributed by atoms with E-state index in [9.17, 15) is 19.2 Å². The molecule has 3 amide bonds. The molecule has 0 aromatic heterocycles. The summed E-state index contributed by atoms with van der Waals surface area (Å²) >= 11 is 0. The molecule has 2 unspecified atom stereocenters. The number of hydrogen-bond acceptors (Lipinski definition) is 5. The molecule has 0 saturated carbocycles. The molecule has 2 aliphatic rings. The molecule has 7 nitrogen and oxygen atoms in total. The van der Waals surface area contributed by atoms with Gasteiger partial charge in [-0.25, -0.2) is 0 Å². The molecule has 2 atom stereocenters. The van der Waals surface area contributed by atoms with Crippen LogP contribution in [-0.4, -0.2) is 34.9 Å². The number of piperidine rings is 1. The Balaban J connectivity index is 2.00. The van der Waals surface area contributed by atoms with Crippen LogP contribution in [0, 0.1) is 0 Å². The Kier molecular flexibility index (Phi) is 3.50. The van der Waals surface area contributed by atoms with Crippen molar-refractivity contribution in [3.63, 3.8) is 0 Å². The Morgan fingerprint density at radius 3 is 2.77 bits per heavy atom. The van der Waals surface area contributed by atoms with Gasteiger partial charge in [0.05, 0.1) is 6.04 Å². The molecule has 0 aliphatic carbocycles. The number of imide groups is 1. The number of fused-ring (bicyclic) bond motifs is 1. The van der Waals surface area contributed by atoms with Gasteiger partial charge in [-0.15, -0.1) is 0 Å². The number of amides is 3. The predicted molar refractivity (Wildman–Crippen MR) is 75.5 cm³/mol. The molecular formula is C15H15N3O4. The van der Waals surface area contributed by atoms with Crippen molar-refractivity contribution in [3.05, 3.63) is 34.9 Å². The van der Waals surface area contributed by atoms with Gasteiger partial charge < -0.3 is 5.73 Å². The van der Waals surface area contributed by atoms with Crippen LogP contribution in [0.1, 0.15) is 40.4 Å². The van der Waals surface area contributed by atoms with E-state index in [1.165, 1.54) is 0 Å². The van der Waals surface area contributed by atoms with E-state index in [4.69, 9.17) is 5.73 Å². The number of carbonyl (C=O) groups excluding carboxylic acids is 4. The summed E-state index contributed by atoms with van der Waals surface area (Å²) in [6.45, 7) is 0.282. The second-order valence-electron chi connectivity index (χ2n) is 5.48. The Hall–Kier alpha value is -2.54. The van der Waals surface area contributed by atoms with E-state index in [1.807, 2.05) is 0 Å². The molecule has 2 heterocycles. The van der Waals surface area contributed by atoms with Crippen LogP contribution in [0.25, 0.3) is 0 Å². The van der Waals surface area contributed by atoms with Crippen molar-refractivity contribution >= 4 is 24.0 Å². The Morgan fingerprint density at radius 1 is 1.36 bits per heavy atom. The third-order valence-corrected chi connectivity index (χ3v) is 4.22. The van der Waals surface area contributed by atoms with E-state index in [0.717, 1.165) is 6.29 Å². The second kappa shape index (κ2) is 5.34. The number of aldehydes is 1. The summed E-state index contributed by atoms with van der Waals surface area (Å²) in [4.78, 5) is 48.1. The molecule has 3 N–H and O–H groups in total. The maximum absolute atomic E-state index is 12.1. The third kappa shape index (κ3) is 2.19. The van der Waals surface area contributed by atoms with Gasteiger partial charge in [0.15, 0.2) is 0 Å². The number of rotatable bonds is 3. The first kappa shape index (κ1) is 14.4. The van der Waals surface area contributed by atoms with Crippen LogP contribution >= 0.6 is 0 Å². The van der Waals surface area contributed by atoms with Gasteiger partial charge in [-0.2, -0.15) is 0 Å². The van der Waals surface area contributed by atoms with Crippen molar-refractivity contribution in [1.82, 2.24) is 10.2 Å². The van der Waals surface area contributed by atoms with E-state index >= 15 is 0 Å². The first-order valence-electron chi connectivity index (χ1n) is 6.98. The predicted octanol–water partition coefficient (Wildman–Crippen LogP) is -0.354. The highest BCUT2D eigenvalue weighted by Crippen LogP contribution is 2.37. The van der Waals surface area contributed by atoms with Crippen molar-refractivity contribution in [3.8, 4) is 0 Å². The van der Waals surface area contributed by atoms with Crippen molar-refractivity contribution < 1.29 is 19.2 Å². The van der Waals surface area contributed by atoms with Gasteiger partial charge in [0, 0.05) is 18.5 Å². The lowest BCUT2D eigenvalue weighted by Gasteiger charge is -2.32. The number of benzene rings is 1. The van der Waals surface area contributed by atoms with Crippen LogP contribution in [0.4, 0.5) is 0 Å². The zero-order chi connectivity index (χ0) is 15.9. The van der Waals surface area contributed by atoms with Gasteiger partial charge in [-0.3, -0.25) is 29.4 Å². The summed E-state index contributed by atoms with van der Waals surface area (Å²) in [6, 6.07) is 3.72. The van der Waals surface area contributed by atoms with Gasteiger partial charge >= 0.3 is 0 Å². The number of nitrogens with one attached hydrogen (secondary N) is 1. The summed E-state index contributed by atoms with van der Waals surface area (Å²) in [5.74, 6) is -1.32. The van der Waals surface area contributed by atoms with Crippen LogP contribution in [0.5, 0.6) is 0 Å². The number of nitrogens with two attached hydrogens (primary N) is 1. The van der Waals surface area contributed by atoms with Crippen molar-refractivity contribution in [2.24, 2.45) is 5.73 Å². The SMILES string of the molecule is NC(=O)C1c2cccc(C=O)c2CN1C1CCC(=O)NC1=O. The fourth-order valence-electron chi connectivity index (χ4n) is 3.23. The van der Waals surface area contributed by atoms with E-state index < -0.39 is 23.9 Å². The van der Waals surface area contributed by atoms with Crippen LogP contribution in [0.15, 0.2) is 18.2 Å². The highest BCUT2D eigenvalue weighted by molar-refractivity contribution is 6.00.